The molecule has 0 unspecified atom stereocenters. The van der Waals surface area contributed by atoms with Gasteiger partial charge in [-0.25, -0.2) is 0 Å². The highest BCUT2D eigenvalue weighted by molar-refractivity contribution is 9.10. The van der Waals surface area contributed by atoms with Crippen molar-refractivity contribution in [1.82, 2.24) is 0 Å². The van der Waals surface area contributed by atoms with Gasteiger partial charge in [0.05, 0.1) is 7.11 Å². The first-order valence-corrected chi connectivity index (χ1v) is 8.29. The molecule has 0 saturated carbocycles. The minimum Gasteiger partial charge on any atom is -0.497 e. The Morgan fingerprint density at radius 3 is 2.38 bits per heavy atom. The number of hydrogen-bond acceptors (Lipinski definition) is 2. The number of thiophene rings is 1. The summed E-state index contributed by atoms with van der Waals surface area (Å²) >= 11 is 5.47. The summed E-state index contributed by atoms with van der Waals surface area (Å²) in [4.78, 5) is 1.32. The minimum absolute atomic E-state index is 0.882. The highest BCUT2D eigenvalue weighted by Gasteiger charge is 2.05. The molecule has 0 aliphatic rings. The predicted molar refractivity (Wildman–Crippen MR) is 96.2 cm³/mol. The van der Waals surface area contributed by atoms with Gasteiger partial charge in [0.2, 0.25) is 0 Å². The molecule has 0 N–H and O–H groups in total. The van der Waals surface area contributed by atoms with Gasteiger partial charge >= 0.3 is 0 Å². The van der Waals surface area contributed by atoms with Gasteiger partial charge in [0, 0.05) is 19.4 Å². The third-order valence-corrected chi connectivity index (χ3v) is 5.75. The number of hydrogen-bond donors (Lipinski definition) is 0. The monoisotopic (exact) mass is 358 g/mol. The smallest absolute Gasteiger partial charge is 0.118 e. The number of aryl methyl sites for hydroxylation is 1. The quantitative estimate of drug-likeness (QED) is 0.510. The number of fused-ring (bicyclic) bond motifs is 1. The molecule has 0 atom stereocenters. The number of halogens is 1. The Labute approximate surface area is 137 Å². The van der Waals surface area contributed by atoms with Gasteiger partial charge in [-0.15, -0.1) is 11.3 Å². The van der Waals surface area contributed by atoms with Crippen LogP contribution in [0, 0.1) is 6.92 Å². The molecule has 1 nitrogen and oxygen atoms in total. The molecular formula is C18H15BrOS. The molecule has 0 aliphatic carbocycles. The third kappa shape index (κ3) is 3.04. The molecule has 0 amide bonds. The van der Waals surface area contributed by atoms with Crippen molar-refractivity contribution in [3.05, 3.63) is 62.9 Å². The van der Waals surface area contributed by atoms with Crippen LogP contribution in [0.15, 0.2) is 46.9 Å². The Morgan fingerprint density at radius 2 is 1.67 bits per heavy atom. The normalized spacial score (nSPS) is 11.4. The maximum absolute atomic E-state index is 5.17. The van der Waals surface area contributed by atoms with Crippen LogP contribution >= 0.6 is 27.3 Å². The van der Waals surface area contributed by atoms with Crippen molar-refractivity contribution >= 4 is 49.5 Å². The van der Waals surface area contributed by atoms with Crippen molar-refractivity contribution in [2.75, 3.05) is 7.11 Å². The fourth-order valence-corrected chi connectivity index (χ4v) is 3.94. The maximum atomic E-state index is 5.17. The Morgan fingerprint density at radius 1 is 1.00 bits per heavy atom. The largest absolute Gasteiger partial charge is 0.497 e. The highest BCUT2D eigenvalue weighted by Crippen LogP contribution is 2.35. The average Bonchev–Trinajstić information content (AvgIpc) is 2.80. The topological polar surface area (TPSA) is 9.23 Å². The van der Waals surface area contributed by atoms with Gasteiger partial charge in [-0.05, 0) is 52.2 Å². The summed E-state index contributed by atoms with van der Waals surface area (Å²) in [5.74, 6) is 0.882. The van der Waals surface area contributed by atoms with Crippen molar-refractivity contribution in [1.29, 1.82) is 0 Å². The summed E-state index contributed by atoms with van der Waals surface area (Å²) in [6, 6.07) is 14.6. The van der Waals surface area contributed by atoms with E-state index in [4.69, 9.17) is 4.74 Å². The number of rotatable bonds is 3. The van der Waals surface area contributed by atoms with E-state index in [0.717, 1.165) is 5.75 Å². The highest BCUT2D eigenvalue weighted by atomic mass is 79.9. The van der Waals surface area contributed by atoms with Gasteiger partial charge in [-0.1, -0.05) is 36.4 Å². The Kier molecular flexibility index (Phi) is 4.13. The van der Waals surface area contributed by atoms with Gasteiger partial charge in [0.1, 0.15) is 5.75 Å². The lowest BCUT2D eigenvalue weighted by molar-refractivity contribution is 0.415. The Bertz CT molecular complexity index is 800. The van der Waals surface area contributed by atoms with Crippen molar-refractivity contribution in [3.8, 4) is 5.75 Å². The molecule has 3 rings (SSSR count). The van der Waals surface area contributed by atoms with E-state index in [1.165, 1.54) is 30.6 Å². The lowest BCUT2D eigenvalue weighted by Gasteiger charge is -1.99. The van der Waals surface area contributed by atoms with Crippen LogP contribution in [0.4, 0.5) is 0 Å². The average molecular weight is 359 g/mol. The van der Waals surface area contributed by atoms with Gasteiger partial charge in [0.25, 0.3) is 0 Å². The zero-order valence-corrected chi connectivity index (χ0v) is 14.3. The molecular weight excluding hydrogens is 344 g/mol. The molecule has 0 spiro atoms. The fraction of sp³-hybridized carbons (Fsp3) is 0.111. The van der Waals surface area contributed by atoms with Crippen molar-refractivity contribution < 1.29 is 4.74 Å². The first-order valence-electron chi connectivity index (χ1n) is 6.68. The lowest BCUT2D eigenvalue weighted by atomic mass is 10.1. The molecule has 0 fully saturated rings. The molecule has 0 saturated heterocycles. The van der Waals surface area contributed by atoms with Gasteiger partial charge in [-0.2, -0.15) is 0 Å². The second-order valence-corrected chi connectivity index (χ2v) is 6.88. The third-order valence-electron chi connectivity index (χ3n) is 3.40. The fourth-order valence-electron chi connectivity index (χ4n) is 2.22. The second-order valence-electron chi connectivity index (χ2n) is 4.83. The molecule has 21 heavy (non-hydrogen) atoms. The summed E-state index contributed by atoms with van der Waals surface area (Å²) in [5, 5.41) is 1.29. The van der Waals surface area contributed by atoms with Gasteiger partial charge < -0.3 is 4.74 Å². The van der Waals surface area contributed by atoms with E-state index >= 15 is 0 Å². The van der Waals surface area contributed by atoms with Crippen LogP contribution in [0.5, 0.6) is 5.75 Å². The van der Waals surface area contributed by atoms with E-state index in [-0.39, 0.29) is 0 Å². The summed E-state index contributed by atoms with van der Waals surface area (Å²) in [7, 11) is 1.68. The van der Waals surface area contributed by atoms with Gasteiger partial charge in [-0.3, -0.25) is 0 Å². The molecule has 0 radical (unpaired) electrons. The van der Waals surface area contributed by atoms with Crippen LogP contribution < -0.4 is 4.74 Å². The van der Waals surface area contributed by atoms with Crippen molar-refractivity contribution in [2.24, 2.45) is 0 Å². The molecule has 0 aliphatic heterocycles. The van der Waals surface area contributed by atoms with Crippen LogP contribution in [-0.4, -0.2) is 7.11 Å². The zero-order valence-electron chi connectivity index (χ0n) is 11.9. The number of benzene rings is 2. The summed E-state index contributed by atoms with van der Waals surface area (Å²) in [6.07, 6.45) is 4.26. The standard InChI is InChI=1S/C18H15BrOS/c1-12-18(19)16-10-7-14(11-17(16)21-12)4-3-13-5-8-15(20-2)9-6-13/h3-11H,1-2H3. The molecule has 2 aromatic carbocycles. The van der Waals surface area contributed by atoms with Crippen LogP contribution in [0.25, 0.3) is 22.2 Å². The lowest BCUT2D eigenvalue weighted by Crippen LogP contribution is -1.81. The van der Waals surface area contributed by atoms with E-state index in [1.54, 1.807) is 7.11 Å². The molecule has 1 aromatic heterocycles. The van der Waals surface area contributed by atoms with Crippen LogP contribution in [0.3, 0.4) is 0 Å². The molecule has 1 heterocycles. The summed E-state index contributed by atoms with van der Waals surface area (Å²) in [6.45, 7) is 2.14. The van der Waals surface area contributed by atoms with Gasteiger partial charge in [0.15, 0.2) is 0 Å². The first kappa shape index (κ1) is 14.4. The number of methoxy groups -OCH3 is 1. The van der Waals surface area contributed by atoms with E-state index < -0.39 is 0 Å². The van der Waals surface area contributed by atoms with Crippen LogP contribution in [0.2, 0.25) is 0 Å². The van der Waals surface area contributed by atoms with Crippen molar-refractivity contribution in [3.63, 3.8) is 0 Å². The molecule has 3 aromatic rings. The van der Waals surface area contributed by atoms with E-state index in [0.29, 0.717) is 0 Å². The van der Waals surface area contributed by atoms with Crippen LogP contribution in [-0.2, 0) is 0 Å². The van der Waals surface area contributed by atoms with E-state index in [9.17, 15) is 0 Å². The summed E-state index contributed by atoms with van der Waals surface area (Å²) in [5.41, 5.74) is 2.38. The van der Waals surface area contributed by atoms with Crippen LogP contribution in [0.1, 0.15) is 16.0 Å². The second kappa shape index (κ2) is 6.04. The molecule has 0 bridgehead atoms. The predicted octanol–water partition coefficient (Wildman–Crippen LogP) is 6.15. The van der Waals surface area contributed by atoms with E-state index in [1.807, 2.05) is 23.5 Å². The van der Waals surface area contributed by atoms with Crippen molar-refractivity contribution in [2.45, 2.75) is 6.92 Å². The maximum Gasteiger partial charge on any atom is 0.118 e. The minimum atomic E-state index is 0.882. The zero-order chi connectivity index (χ0) is 14.8. The SMILES string of the molecule is COc1ccc(C=Cc2ccc3c(Br)c(C)sc3c2)cc1. The number of ether oxygens (including phenoxy) is 1. The first-order chi connectivity index (χ1) is 10.2. The van der Waals surface area contributed by atoms with E-state index in [2.05, 4.69) is 65.3 Å². The molecule has 3 heteroatoms. The molecule has 106 valence electrons. The Hall–Kier alpha value is -1.58. The Balaban J connectivity index is 1.88. The summed E-state index contributed by atoms with van der Waals surface area (Å²) < 4.78 is 7.70.